The highest BCUT2D eigenvalue weighted by Crippen LogP contribution is 2.20. The number of hydrogen-bond acceptors (Lipinski definition) is 6. The molecule has 0 spiro atoms. The van der Waals surface area contributed by atoms with Crippen molar-refractivity contribution in [1.82, 2.24) is 15.4 Å². The van der Waals surface area contributed by atoms with E-state index in [1.165, 1.54) is 0 Å². The van der Waals surface area contributed by atoms with E-state index in [-0.39, 0.29) is 17.2 Å². The van der Waals surface area contributed by atoms with E-state index in [1.54, 1.807) is 24.3 Å². The molecule has 1 aromatic carbocycles. The quantitative estimate of drug-likeness (QED) is 0.641. The molecule has 0 atom stereocenters. The SMILES string of the molecule is O=C(O)c1cc(NS(=O)(=O)Cc2noc3ccccc23)n[nH]1. The average molecular weight is 322 g/mol. The molecule has 0 aliphatic heterocycles. The van der Waals surface area contributed by atoms with Gasteiger partial charge in [-0.05, 0) is 12.1 Å². The summed E-state index contributed by atoms with van der Waals surface area (Å²) in [6.45, 7) is 0. The van der Waals surface area contributed by atoms with Crippen LogP contribution >= 0.6 is 0 Å². The summed E-state index contributed by atoms with van der Waals surface area (Å²) < 4.78 is 31.4. The van der Waals surface area contributed by atoms with Crippen molar-refractivity contribution in [3.8, 4) is 0 Å². The Morgan fingerprint density at radius 3 is 2.86 bits per heavy atom. The number of hydrogen-bond donors (Lipinski definition) is 3. The van der Waals surface area contributed by atoms with Gasteiger partial charge in [0.15, 0.2) is 11.4 Å². The van der Waals surface area contributed by atoms with E-state index >= 15 is 0 Å². The van der Waals surface area contributed by atoms with Gasteiger partial charge in [0.2, 0.25) is 10.0 Å². The van der Waals surface area contributed by atoms with Crippen LogP contribution in [0.5, 0.6) is 0 Å². The Morgan fingerprint density at radius 2 is 2.14 bits per heavy atom. The molecule has 114 valence electrons. The second-order valence-corrected chi connectivity index (χ2v) is 6.18. The third-order valence-electron chi connectivity index (χ3n) is 2.85. The number of nitrogens with one attached hydrogen (secondary N) is 2. The Bertz CT molecular complexity index is 943. The van der Waals surface area contributed by atoms with Crippen LogP contribution in [0.25, 0.3) is 11.0 Å². The molecule has 0 saturated carbocycles. The highest BCUT2D eigenvalue weighted by molar-refractivity contribution is 7.91. The van der Waals surface area contributed by atoms with Crippen LogP contribution in [-0.2, 0) is 15.8 Å². The van der Waals surface area contributed by atoms with Gasteiger partial charge in [0.05, 0.1) is 0 Å². The predicted molar refractivity (Wildman–Crippen MR) is 75.8 cm³/mol. The molecule has 0 bridgehead atoms. The fourth-order valence-corrected chi connectivity index (χ4v) is 2.96. The van der Waals surface area contributed by atoms with Crippen molar-refractivity contribution in [2.45, 2.75) is 5.75 Å². The molecule has 0 unspecified atom stereocenters. The molecule has 0 aliphatic carbocycles. The normalized spacial score (nSPS) is 11.6. The zero-order chi connectivity index (χ0) is 15.7. The third-order valence-corrected chi connectivity index (χ3v) is 4.02. The number of nitrogens with zero attached hydrogens (tertiary/aromatic N) is 2. The summed E-state index contributed by atoms with van der Waals surface area (Å²) in [5.74, 6) is -1.76. The van der Waals surface area contributed by atoms with Crippen molar-refractivity contribution >= 4 is 32.8 Å². The maximum atomic E-state index is 12.1. The van der Waals surface area contributed by atoms with Crippen molar-refractivity contribution in [2.75, 3.05) is 4.72 Å². The highest BCUT2D eigenvalue weighted by atomic mass is 32.2. The molecule has 9 nitrogen and oxygen atoms in total. The van der Waals surface area contributed by atoms with Gasteiger partial charge in [-0.3, -0.25) is 9.82 Å². The van der Waals surface area contributed by atoms with Crippen LogP contribution in [0.15, 0.2) is 34.9 Å². The molecule has 3 rings (SSSR count). The summed E-state index contributed by atoms with van der Waals surface area (Å²) in [6.07, 6.45) is 0. The van der Waals surface area contributed by atoms with E-state index in [9.17, 15) is 13.2 Å². The lowest BCUT2D eigenvalue weighted by Gasteiger charge is -2.02. The van der Waals surface area contributed by atoms with Crippen LogP contribution in [0.3, 0.4) is 0 Å². The number of carboxylic acids is 1. The molecule has 22 heavy (non-hydrogen) atoms. The minimum absolute atomic E-state index is 0.106. The Balaban J connectivity index is 1.82. The Kier molecular flexibility index (Phi) is 3.29. The largest absolute Gasteiger partial charge is 0.477 e. The first-order valence-corrected chi connectivity index (χ1v) is 7.72. The van der Waals surface area contributed by atoms with E-state index in [2.05, 4.69) is 20.1 Å². The smallest absolute Gasteiger partial charge is 0.353 e. The second-order valence-electron chi connectivity index (χ2n) is 4.46. The number of H-pyrrole nitrogens is 1. The number of aromatic carboxylic acids is 1. The van der Waals surface area contributed by atoms with Gasteiger partial charge < -0.3 is 9.63 Å². The number of sulfonamides is 1. The topological polar surface area (TPSA) is 138 Å². The Labute approximate surface area is 124 Å². The molecule has 0 fully saturated rings. The number of benzene rings is 1. The minimum Gasteiger partial charge on any atom is -0.477 e. The zero-order valence-corrected chi connectivity index (χ0v) is 11.8. The van der Waals surface area contributed by atoms with Crippen molar-refractivity contribution in [1.29, 1.82) is 0 Å². The first-order chi connectivity index (χ1) is 10.4. The number of carbonyl (C=O) groups is 1. The molecule has 0 aliphatic rings. The molecular formula is C12H10N4O5S. The van der Waals surface area contributed by atoms with Crippen molar-refractivity contribution in [3.05, 3.63) is 41.7 Å². The van der Waals surface area contributed by atoms with Gasteiger partial charge >= 0.3 is 5.97 Å². The van der Waals surface area contributed by atoms with Gasteiger partial charge in [0.1, 0.15) is 17.1 Å². The summed E-state index contributed by atoms with van der Waals surface area (Å²) in [4.78, 5) is 10.7. The lowest BCUT2D eigenvalue weighted by Crippen LogP contribution is -2.15. The minimum atomic E-state index is -3.81. The summed E-state index contributed by atoms with van der Waals surface area (Å²) in [6, 6.07) is 7.96. The number of carboxylic acid groups (broad SMARTS) is 1. The van der Waals surface area contributed by atoms with Gasteiger partial charge in [0.25, 0.3) is 0 Å². The molecule has 0 saturated heterocycles. The molecule has 2 heterocycles. The Morgan fingerprint density at radius 1 is 1.36 bits per heavy atom. The standard InChI is InChI=1S/C12H10N4O5S/c17-12(18)8-5-11(14-13-8)16-22(19,20)6-9-7-3-1-2-4-10(7)21-15-9/h1-5H,6H2,(H,17,18)(H2,13,14,16). The summed E-state index contributed by atoms with van der Waals surface area (Å²) in [5, 5.41) is 18.9. The molecule has 2 aromatic heterocycles. The summed E-state index contributed by atoms with van der Waals surface area (Å²) in [5.41, 5.74) is 0.530. The highest BCUT2D eigenvalue weighted by Gasteiger charge is 2.19. The summed E-state index contributed by atoms with van der Waals surface area (Å²) in [7, 11) is -3.81. The monoisotopic (exact) mass is 322 g/mol. The molecule has 10 heteroatoms. The van der Waals surface area contributed by atoms with Crippen LogP contribution in [0, 0.1) is 0 Å². The summed E-state index contributed by atoms with van der Waals surface area (Å²) >= 11 is 0. The van der Waals surface area contributed by atoms with Gasteiger partial charge in [-0.25, -0.2) is 13.2 Å². The number of para-hydroxylation sites is 1. The van der Waals surface area contributed by atoms with Crippen molar-refractivity contribution in [3.63, 3.8) is 0 Å². The Hall–Kier alpha value is -2.88. The van der Waals surface area contributed by atoms with Gasteiger partial charge in [-0.2, -0.15) is 5.10 Å². The van der Waals surface area contributed by atoms with E-state index in [1.807, 2.05) is 0 Å². The van der Waals surface area contributed by atoms with Crippen LogP contribution in [-0.4, -0.2) is 34.8 Å². The maximum absolute atomic E-state index is 12.1. The van der Waals surface area contributed by atoms with Crippen LogP contribution in [0.2, 0.25) is 0 Å². The fourth-order valence-electron chi connectivity index (χ4n) is 1.90. The van der Waals surface area contributed by atoms with Crippen LogP contribution in [0.4, 0.5) is 5.82 Å². The molecule has 0 radical (unpaired) electrons. The number of aromatic amines is 1. The van der Waals surface area contributed by atoms with E-state index in [0.717, 1.165) is 6.07 Å². The predicted octanol–water partition coefficient (Wildman–Crippen LogP) is 1.19. The number of rotatable bonds is 5. The van der Waals surface area contributed by atoms with Crippen molar-refractivity contribution in [2.24, 2.45) is 0 Å². The number of aromatic nitrogens is 3. The second kappa shape index (κ2) is 5.15. The number of anilines is 1. The maximum Gasteiger partial charge on any atom is 0.353 e. The average Bonchev–Trinajstić information content (AvgIpc) is 3.06. The lowest BCUT2D eigenvalue weighted by molar-refractivity contribution is 0.0690. The first kappa shape index (κ1) is 14.1. The molecule has 0 amide bonds. The van der Waals surface area contributed by atoms with Crippen LogP contribution in [0.1, 0.15) is 16.2 Å². The van der Waals surface area contributed by atoms with E-state index < -0.39 is 21.7 Å². The van der Waals surface area contributed by atoms with Gasteiger partial charge in [-0.15, -0.1) is 0 Å². The van der Waals surface area contributed by atoms with Crippen LogP contribution < -0.4 is 4.72 Å². The van der Waals surface area contributed by atoms with Gasteiger partial charge in [0, 0.05) is 11.5 Å². The number of fused-ring (bicyclic) bond motifs is 1. The van der Waals surface area contributed by atoms with E-state index in [0.29, 0.717) is 11.0 Å². The molecule has 3 N–H and O–H groups in total. The lowest BCUT2D eigenvalue weighted by atomic mass is 10.2. The third kappa shape index (κ3) is 2.76. The molecule has 3 aromatic rings. The van der Waals surface area contributed by atoms with Crippen molar-refractivity contribution < 1.29 is 22.8 Å². The zero-order valence-electron chi connectivity index (χ0n) is 11.0. The fraction of sp³-hybridized carbons (Fsp3) is 0.0833. The van der Waals surface area contributed by atoms with Gasteiger partial charge in [-0.1, -0.05) is 17.3 Å². The first-order valence-electron chi connectivity index (χ1n) is 6.07. The van der Waals surface area contributed by atoms with E-state index in [4.69, 9.17) is 9.63 Å². The molecular weight excluding hydrogens is 312 g/mol.